The molecule has 0 rings (SSSR count). The van der Waals surface area contributed by atoms with E-state index in [2.05, 4.69) is 11.9 Å². The second kappa shape index (κ2) is 7.17. The van der Waals surface area contributed by atoms with E-state index in [1.165, 1.54) is 0 Å². The summed E-state index contributed by atoms with van der Waals surface area (Å²) in [5.41, 5.74) is 0. The SMILES string of the molecule is C=CCC(C)NC(=O)CCCCl. The van der Waals surface area contributed by atoms with Crippen molar-refractivity contribution in [3.05, 3.63) is 12.7 Å². The molecule has 0 fully saturated rings. The monoisotopic (exact) mass is 189 g/mol. The lowest BCUT2D eigenvalue weighted by Gasteiger charge is -2.10. The van der Waals surface area contributed by atoms with Crippen LogP contribution in [-0.2, 0) is 4.79 Å². The zero-order valence-electron chi connectivity index (χ0n) is 7.48. The minimum absolute atomic E-state index is 0.0741. The predicted octanol–water partition coefficient (Wildman–Crippen LogP) is 2.09. The molecule has 1 atom stereocenters. The molecule has 0 bridgehead atoms. The second-order valence-electron chi connectivity index (χ2n) is 2.79. The van der Waals surface area contributed by atoms with Crippen molar-refractivity contribution in [2.45, 2.75) is 32.2 Å². The van der Waals surface area contributed by atoms with Gasteiger partial charge in [0.2, 0.25) is 5.91 Å². The van der Waals surface area contributed by atoms with Crippen molar-refractivity contribution in [2.24, 2.45) is 0 Å². The summed E-state index contributed by atoms with van der Waals surface area (Å²) in [4.78, 5) is 11.1. The molecule has 0 aliphatic rings. The van der Waals surface area contributed by atoms with Gasteiger partial charge in [0.1, 0.15) is 0 Å². The molecule has 0 heterocycles. The fraction of sp³-hybridized carbons (Fsp3) is 0.667. The van der Waals surface area contributed by atoms with Crippen molar-refractivity contribution in [3.63, 3.8) is 0 Å². The fourth-order valence-electron chi connectivity index (χ4n) is 0.883. The van der Waals surface area contributed by atoms with Crippen molar-refractivity contribution < 1.29 is 4.79 Å². The van der Waals surface area contributed by atoms with Crippen LogP contribution in [0.5, 0.6) is 0 Å². The minimum Gasteiger partial charge on any atom is -0.353 e. The lowest BCUT2D eigenvalue weighted by Crippen LogP contribution is -2.31. The number of nitrogens with one attached hydrogen (secondary N) is 1. The van der Waals surface area contributed by atoms with Gasteiger partial charge in [0.15, 0.2) is 0 Å². The first-order valence-electron chi connectivity index (χ1n) is 4.17. The number of carbonyl (C=O) groups excluding carboxylic acids is 1. The lowest BCUT2D eigenvalue weighted by molar-refractivity contribution is -0.121. The second-order valence-corrected chi connectivity index (χ2v) is 3.16. The van der Waals surface area contributed by atoms with Crippen LogP contribution >= 0.6 is 11.6 Å². The molecular formula is C9H16ClNO. The summed E-state index contributed by atoms with van der Waals surface area (Å²) in [6.45, 7) is 5.56. The highest BCUT2D eigenvalue weighted by Crippen LogP contribution is 1.95. The van der Waals surface area contributed by atoms with E-state index in [4.69, 9.17) is 11.6 Å². The quantitative estimate of drug-likeness (QED) is 0.503. The number of hydrogen-bond acceptors (Lipinski definition) is 1. The maximum absolute atomic E-state index is 11.1. The van der Waals surface area contributed by atoms with Gasteiger partial charge in [-0.1, -0.05) is 6.08 Å². The molecule has 70 valence electrons. The normalized spacial score (nSPS) is 12.2. The molecule has 0 saturated heterocycles. The molecule has 0 aliphatic heterocycles. The summed E-state index contributed by atoms with van der Waals surface area (Å²) in [6, 6.07) is 0.185. The van der Waals surface area contributed by atoms with Gasteiger partial charge >= 0.3 is 0 Å². The Kier molecular flexibility index (Phi) is 6.87. The summed E-state index contributed by atoms with van der Waals surface area (Å²) in [5, 5.41) is 2.85. The van der Waals surface area contributed by atoms with Gasteiger partial charge in [-0.3, -0.25) is 4.79 Å². The molecule has 1 amide bonds. The standard InChI is InChI=1S/C9H16ClNO/c1-3-5-8(2)11-9(12)6-4-7-10/h3,8H,1,4-7H2,2H3,(H,11,12). The maximum atomic E-state index is 11.1. The number of hydrogen-bond donors (Lipinski definition) is 1. The third-order valence-electron chi connectivity index (χ3n) is 1.47. The molecule has 0 radical (unpaired) electrons. The molecular weight excluding hydrogens is 174 g/mol. The maximum Gasteiger partial charge on any atom is 0.220 e. The first-order chi connectivity index (χ1) is 5.70. The van der Waals surface area contributed by atoms with Gasteiger partial charge in [-0.2, -0.15) is 0 Å². The Labute approximate surface area is 79.0 Å². The van der Waals surface area contributed by atoms with Gasteiger partial charge in [0, 0.05) is 18.3 Å². The van der Waals surface area contributed by atoms with Crippen LogP contribution in [-0.4, -0.2) is 17.8 Å². The third-order valence-corrected chi connectivity index (χ3v) is 1.73. The van der Waals surface area contributed by atoms with E-state index < -0.39 is 0 Å². The van der Waals surface area contributed by atoms with Crippen LogP contribution in [0.4, 0.5) is 0 Å². The summed E-state index contributed by atoms with van der Waals surface area (Å²) in [7, 11) is 0. The van der Waals surface area contributed by atoms with E-state index >= 15 is 0 Å². The first-order valence-corrected chi connectivity index (χ1v) is 4.70. The average Bonchev–Trinajstić information content (AvgIpc) is 2.01. The van der Waals surface area contributed by atoms with Crippen molar-refractivity contribution in [2.75, 3.05) is 5.88 Å². The number of carbonyl (C=O) groups is 1. The Bertz CT molecular complexity index is 147. The summed E-state index contributed by atoms with van der Waals surface area (Å²) in [5.74, 6) is 0.619. The Morgan fingerprint density at radius 3 is 2.92 bits per heavy atom. The van der Waals surface area contributed by atoms with E-state index in [0.717, 1.165) is 12.8 Å². The van der Waals surface area contributed by atoms with E-state index in [0.29, 0.717) is 12.3 Å². The van der Waals surface area contributed by atoms with Gasteiger partial charge in [0.25, 0.3) is 0 Å². The third kappa shape index (κ3) is 6.23. The van der Waals surface area contributed by atoms with E-state index in [-0.39, 0.29) is 11.9 Å². The van der Waals surface area contributed by atoms with Gasteiger partial charge in [-0.15, -0.1) is 18.2 Å². The molecule has 0 aromatic heterocycles. The van der Waals surface area contributed by atoms with Crippen LogP contribution in [0, 0.1) is 0 Å². The Morgan fingerprint density at radius 1 is 1.75 bits per heavy atom. The zero-order valence-corrected chi connectivity index (χ0v) is 8.23. The molecule has 1 N–H and O–H groups in total. The highest BCUT2D eigenvalue weighted by Gasteiger charge is 2.04. The lowest BCUT2D eigenvalue weighted by atomic mass is 10.2. The summed E-state index contributed by atoms with van der Waals surface area (Å²) < 4.78 is 0. The van der Waals surface area contributed by atoms with Crippen LogP contribution in [0.1, 0.15) is 26.2 Å². The van der Waals surface area contributed by atoms with Crippen molar-refractivity contribution >= 4 is 17.5 Å². The molecule has 2 nitrogen and oxygen atoms in total. The number of halogens is 1. The molecule has 12 heavy (non-hydrogen) atoms. The van der Waals surface area contributed by atoms with Crippen LogP contribution in [0.3, 0.4) is 0 Å². The highest BCUT2D eigenvalue weighted by molar-refractivity contribution is 6.17. The fourth-order valence-corrected chi connectivity index (χ4v) is 1.02. The number of rotatable bonds is 6. The van der Waals surface area contributed by atoms with Gasteiger partial charge in [-0.05, 0) is 19.8 Å². The van der Waals surface area contributed by atoms with Gasteiger partial charge < -0.3 is 5.32 Å². The Balaban J connectivity index is 3.46. The molecule has 1 unspecified atom stereocenters. The molecule has 0 aliphatic carbocycles. The minimum atomic E-state index is 0.0741. The molecule has 0 saturated carbocycles. The topological polar surface area (TPSA) is 29.1 Å². The summed E-state index contributed by atoms with van der Waals surface area (Å²) >= 11 is 5.45. The zero-order chi connectivity index (χ0) is 9.40. The number of alkyl halides is 1. The van der Waals surface area contributed by atoms with E-state index in [9.17, 15) is 4.79 Å². The average molecular weight is 190 g/mol. The molecule has 0 spiro atoms. The largest absolute Gasteiger partial charge is 0.353 e. The van der Waals surface area contributed by atoms with Crippen molar-refractivity contribution in [3.8, 4) is 0 Å². The Morgan fingerprint density at radius 2 is 2.42 bits per heavy atom. The van der Waals surface area contributed by atoms with E-state index in [1.807, 2.05) is 6.92 Å². The van der Waals surface area contributed by atoms with E-state index in [1.54, 1.807) is 6.08 Å². The first kappa shape index (κ1) is 11.5. The highest BCUT2D eigenvalue weighted by atomic mass is 35.5. The summed E-state index contributed by atoms with van der Waals surface area (Å²) in [6.07, 6.45) is 3.87. The molecule has 3 heteroatoms. The van der Waals surface area contributed by atoms with Crippen LogP contribution in [0.15, 0.2) is 12.7 Å². The van der Waals surface area contributed by atoms with Gasteiger partial charge in [-0.25, -0.2) is 0 Å². The molecule has 0 aromatic carbocycles. The van der Waals surface area contributed by atoms with Crippen LogP contribution in [0.25, 0.3) is 0 Å². The number of amides is 1. The van der Waals surface area contributed by atoms with Crippen LogP contribution < -0.4 is 5.32 Å². The smallest absolute Gasteiger partial charge is 0.220 e. The van der Waals surface area contributed by atoms with Crippen molar-refractivity contribution in [1.29, 1.82) is 0 Å². The molecule has 0 aromatic rings. The predicted molar refractivity (Wildman–Crippen MR) is 52.4 cm³/mol. The van der Waals surface area contributed by atoms with Crippen molar-refractivity contribution in [1.82, 2.24) is 5.32 Å². The van der Waals surface area contributed by atoms with Crippen LogP contribution in [0.2, 0.25) is 0 Å². The van der Waals surface area contributed by atoms with Gasteiger partial charge in [0.05, 0.1) is 0 Å². The Hall–Kier alpha value is -0.500.